The molecule has 0 fully saturated rings. The van der Waals surface area contributed by atoms with E-state index in [1.807, 2.05) is 0 Å². The second-order valence-electron chi connectivity index (χ2n) is 6.09. The lowest BCUT2D eigenvalue weighted by molar-refractivity contribution is -0.310. The van der Waals surface area contributed by atoms with E-state index >= 15 is 0 Å². The fourth-order valence-corrected chi connectivity index (χ4v) is 2.60. The summed E-state index contributed by atoms with van der Waals surface area (Å²) in [7, 11) is 0. The van der Waals surface area contributed by atoms with Gasteiger partial charge < -0.3 is 20.3 Å². The van der Waals surface area contributed by atoms with Gasteiger partial charge in [-0.25, -0.2) is 0 Å². The molecule has 0 saturated heterocycles. The molecule has 0 bridgehead atoms. The SMILES string of the molecule is CCCCCCCCCC(=O)NC(C(=O)[O-])C(O)c1ccccc1. The topological polar surface area (TPSA) is 89.5 Å². The van der Waals surface area contributed by atoms with Gasteiger partial charge >= 0.3 is 0 Å². The van der Waals surface area contributed by atoms with Crippen molar-refractivity contribution in [3.8, 4) is 0 Å². The maximum absolute atomic E-state index is 11.9. The van der Waals surface area contributed by atoms with Gasteiger partial charge in [0.1, 0.15) is 6.10 Å². The maximum atomic E-state index is 11.9. The molecule has 1 aromatic carbocycles. The third-order valence-electron chi connectivity index (χ3n) is 4.03. The van der Waals surface area contributed by atoms with Crippen molar-refractivity contribution in [3.05, 3.63) is 35.9 Å². The fraction of sp³-hybridized carbons (Fsp3) is 0.579. The van der Waals surface area contributed by atoms with Gasteiger partial charge in [-0.2, -0.15) is 0 Å². The molecule has 0 spiro atoms. The summed E-state index contributed by atoms with van der Waals surface area (Å²) in [6.07, 6.45) is 6.54. The number of hydrogen-bond donors (Lipinski definition) is 2. The van der Waals surface area contributed by atoms with E-state index < -0.39 is 18.1 Å². The van der Waals surface area contributed by atoms with Crippen molar-refractivity contribution >= 4 is 11.9 Å². The van der Waals surface area contributed by atoms with Crippen LogP contribution in [0.2, 0.25) is 0 Å². The van der Waals surface area contributed by atoms with Gasteiger partial charge in [-0.05, 0) is 12.0 Å². The molecule has 24 heavy (non-hydrogen) atoms. The normalized spacial score (nSPS) is 13.2. The predicted octanol–water partition coefficient (Wildman–Crippen LogP) is 2.10. The highest BCUT2D eigenvalue weighted by Gasteiger charge is 2.23. The van der Waals surface area contributed by atoms with Gasteiger partial charge in [0.25, 0.3) is 0 Å². The van der Waals surface area contributed by atoms with Crippen LogP contribution in [0.4, 0.5) is 0 Å². The van der Waals surface area contributed by atoms with Gasteiger partial charge in [-0.1, -0.05) is 75.8 Å². The first-order chi connectivity index (χ1) is 11.6. The number of carboxylic acid groups (broad SMARTS) is 1. The van der Waals surface area contributed by atoms with E-state index in [1.54, 1.807) is 30.3 Å². The first kappa shape index (κ1) is 20.2. The smallest absolute Gasteiger partial charge is 0.220 e. The second-order valence-corrected chi connectivity index (χ2v) is 6.09. The second kappa shape index (κ2) is 11.6. The Morgan fingerprint density at radius 1 is 1.04 bits per heavy atom. The number of benzene rings is 1. The predicted molar refractivity (Wildman–Crippen MR) is 90.9 cm³/mol. The number of carbonyl (C=O) groups is 2. The van der Waals surface area contributed by atoms with E-state index in [-0.39, 0.29) is 12.3 Å². The number of carbonyl (C=O) groups excluding carboxylic acids is 2. The van der Waals surface area contributed by atoms with Crippen molar-refractivity contribution in [1.82, 2.24) is 5.32 Å². The Labute approximate surface area is 144 Å². The van der Waals surface area contributed by atoms with Gasteiger partial charge in [0, 0.05) is 6.42 Å². The molecule has 0 heterocycles. The molecule has 0 saturated carbocycles. The van der Waals surface area contributed by atoms with Crippen LogP contribution in [-0.4, -0.2) is 23.0 Å². The monoisotopic (exact) mass is 334 g/mol. The Bertz CT molecular complexity index is 489. The summed E-state index contributed by atoms with van der Waals surface area (Å²) in [6.45, 7) is 2.17. The maximum Gasteiger partial charge on any atom is 0.220 e. The van der Waals surface area contributed by atoms with Crippen LogP contribution in [0.1, 0.15) is 70.0 Å². The number of carboxylic acids is 1. The highest BCUT2D eigenvalue weighted by Crippen LogP contribution is 2.16. The van der Waals surface area contributed by atoms with Crippen LogP contribution < -0.4 is 10.4 Å². The minimum absolute atomic E-state index is 0.263. The zero-order chi connectivity index (χ0) is 17.8. The Hall–Kier alpha value is -1.88. The third kappa shape index (κ3) is 7.59. The van der Waals surface area contributed by atoms with E-state index in [0.717, 1.165) is 19.3 Å². The molecule has 0 aliphatic rings. The van der Waals surface area contributed by atoms with Crippen molar-refractivity contribution in [1.29, 1.82) is 0 Å². The van der Waals surface area contributed by atoms with Gasteiger partial charge in [0.05, 0.1) is 12.0 Å². The average molecular weight is 334 g/mol. The number of amides is 1. The summed E-state index contributed by atoms with van der Waals surface area (Å²) < 4.78 is 0. The molecular weight excluding hydrogens is 306 g/mol. The number of unbranched alkanes of at least 4 members (excludes halogenated alkanes) is 6. The zero-order valence-corrected chi connectivity index (χ0v) is 14.4. The van der Waals surface area contributed by atoms with E-state index in [0.29, 0.717) is 5.56 Å². The molecule has 0 aliphatic heterocycles. The van der Waals surface area contributed by atoms with Crippen LogP contribution in [0, 0.1) is 0 Å². The Morgan fingerprint density at radius 3 is 2.21 bits per heavy atom. The zero-order valence-electron chi connectivity index (χ0n) is 14.4. The summed E-state index contributed by atoms with van der Waals surface area (Å²) in [4.78, 5) is 23.2. The molecule has 0 aliphatic carbocycles. The first-order valence-corrected chi connectivity index (χ1v) is 8.79. The number of aliphatic carboxylic acids is 1. The molecule has 0 aromatic heterocycles. The van der Waals surface area contributed by atoms with E-state index in [1.165, 1.54) is 25.7 Å². The van der Waals surface area contributed by atoms with Crippen LogP contribution in [0.15, 0.2) is 30.3 Å². The van der Waals surface area contributed by atoms with Gasteiger partial charge in [0.15, 0.2) is 0 Å². The number of hydrogen-bond acceptors (Lipinski definition) is 4. The number of rotatable bonds is 12. The number of nitrogens with one attached hydrogen (secondary N) is 1. The van der Waals surface area contributed by atoms with Gasteiger partial charge in [0.2, 0.25) is 5.91 Å². The minimum Gasteiger partial charge on any atom is -0.548 e. The quantitative estimate of drug-likeness (QED) is 0.573. The number of aliphatic hydroxyl groups is 1. The van der Waals surface area contributed by atoms with Crippen LogP contribution in [0.3, 0.4) is 0 Å². The minimum atomic E-state index is -1.49. The molecule has 2 atom stereocenters. The first-order valence-electron chi connectivity index (χ1n) is 8.79. The van der Waals surface area contributed by atoms with Gasteiger partial charge in [-0.15, -0.1) is 0 Å². The summed E-state index contributed by atoms with van der Waals surface area (Å²) in [5, 5.41) is 23.8. The van der Waals surface area contributed by atoms with E-state index in [9.17, 15) is 19.8 Å². The largest absolute Gasteiger partial charge is 0.548 e. The molecule has 134 valence electrons. The molecule has 1 rings (SSSR count). The molecule has 1 amide bonds. The molecule has 1 aromatic rings. The molecular formula is C19H28NO4-. The molecule has 5 heteroatoms. The Kier molecular flexibility index (Phi) is 9.77. The molecule has 2 unspecified atom stereocenters. The number of aliphatic hydroxyl groups excluding tert-OH is 1. The van der Waals surface area contributed by atoms with Crippen molar-refractivity contribution in [3.63, 3.8) is 0 Å². The van der Waals surface area contributed by atoms with Crippen LogP contribution in [-0.2, 0) is 9.59 Å². The highest BCUT2D eigenvalue weighted by molar-refractivity contribution is 5.83. The summed E-state index contributed by atoms with van der Waals surface area (Å²) in [5.41, 5.74) is 0.433. The van der Waals surface area contributed by atoms with Crippen molar-refractivity contribution in [2.75, 3.05) is 0 Å². The summed E-state index contributed by atoms with van der Waals surface area (Å²) in [6, 6.07) is 6.95. The summed E-state index contributed by atoms with van der Waals surface area (Å²) >= 11 is 0. The highest BCUT2D eigenvalue weighted by atomic mass is 16.4. The van der Waals surface area contributed by atoms with E-state index in [4.69, 9.17) is 0 Å². The fourth-order valence-electron chi connectivity index (χ4n) is 2.60. The van der Waals surface area contributed by atoms with Crippen molar-refractivity contribution < 1.29 is 19.8 Å². The molecule has 2 N–H and O–H groups in total. The standard InChI is InChI=1S/C19H29NO4/c1-2-3-4-5-6-7-11-14-16(21)20-17(19(23)24)18(22)15-12-9-8-10-13-15/h8-10,12-13,17-18,22H,2-7,11,14H2,1H3,(H,20,21)(H,23,24)/p-1. The average Bonchev–Trinajstić information content (AvgIpc) is 2.59. The summed E-state index contributed by atoms with van der Waals surface area (Å²) in [5.74, 6) is -1.85. The Morgan fingerprint density at radius 2 is 1.62 bits per heavy atom. The van der Waals surface area contributed by atoms with E-state index in [2.05, 4.69) is 12.2 Å². The lowest BCUT2D eigenvalue weighted by Crippen LogP contribution is -2.51. The van der Waals surface area contributed by atoms with Crippen LogP contribution >= 0.6 is 0 Å². The molecule has 5 nitrogen and oxygen atoms in total. The van der Waals surface area contributed by atoms with Crippen LogP contribution in [0.5, 0.6) is 0 Å². The lowest BCUT2D eigenvalue weighted by Gasteiger charge is -2.25. The lowest BCUT2D eigenvalue weighted by atomic mass is 10.0. The van der Waals surface area contributed by atoms with Crippen molar-refractivity contribution in [2.45, 2.75) is 70.4 Å². The van der Waals surface area contributed by atoms with Gasteiger partial charge in [-0.3, -0.25) is 4.79 Å². The van der Waals surface area contributed by atoms with Crippen molar-refractivity contribution in [2.24, 2.45) is 0 Å². The third-order valence-corrected chi connectivity index (χ3v) is 4.03. The molecule has 0 radical (unpaired) electrons. The Balaban J connectivity index is 2.37. The van der Waals surface area contributed by atoms with Crippen LogP contribution in [0.25, 0.3) is 0 Å².